The van der Waals surface area contributed by atoms with Crippen molar-refractivity contribution in [1.82, 2.24) is 19.8 Å². The van der Waals surface area contributed by atoms with Crippen LogP contribution in [-0.2, 0) is 11.3 Å². The van der Waals surface area contributed by atoms with E-state index < -0.39 is 11.6 Å². The summed E-state index contributed by atoms with van der Waals surface area (Å²) in [7, 11) is 0. The van der Waals surface area contributed by atoms with Gasteiger partial charge in [0.15, 0.2) is 5.60 Å². The van der Waals surface area contributed by atoms with E-state index in [9.17, 15) is 14.7 Å². The first-order valence-corrected chi connectivity index (χ1v) is 9.69. The number of tetrazole rings is 1. The minimum atomic E-state index is -1.35. The molecule has 8 nitrogen and oxygen atoms in total. The average Bonchev–Trinajstić information content (AvgIpc) is 2.99. The van der Waals surface area contributed by atoms with Gasteiger partial charge >= 0.3 is 11.7 Å². The highest BCUT2D eigenvalue weighted by Crippen LogP contribution is 2.29. The van der Waals surface area contributed by atoms with Gasteiger partial charge in [0.05, 0.1) is 12.2 Å². The van der Waals surface area contributed by atoms with Crippen LogP contribution in [0, 0.1) is 13.8 Å². The monoisotopic (exact) mass is 460 g/mol. The zero-order valence-electron chi connectivity index (χ0n) is 16.5. The van der Waals surface area contributed by atoms with Gasteiger partial charge < -0.3 is 9.84 Å². The summed E-state index contributed by atoms with van der Waals surface area (Å²) >= 11 is 3.41. The van der Waals surface area contributed by atoms with Crippen molar-refractivity contribution in [3.05, 3.63) is 68.0 Å². The van der Waals surface area contributed by atoms with Crippen molar-refractivity contribution < 1.29 is 14.6 Å². The molecule has 0 radical (unpaired) electrons. The smallest absolute Gasteiger partial charge is 0.368 e. The fourth-order valence-electron chi connectivity index (χ4n) is 2.91. The van der Waals surface area contributed by atoms with Crippen molar-refractivity contribution in [3.8, 4) is 11.4 Å². The number of carboxylic acids is 1. The molecule has 1 aromatic heterocycles. The number of nitrogens with zero attached hydrogens (tertiary/aromatic N) is 4. The van der Waals surface area contributed by atoms with Crippen molar-refractivity contribution >= 4 is 21.9 Å². The lowest BCUT2D eigenvalue weighted by Crippen LogP contribution is -2.38. The maximum Gasteiger partial charge on any atom is 0.368 e. The SMILES string of the molecule is Cc1cc(Cn2nnn(-c3ccccc3Br)c2=O)cc(C)c1OC(C)(C)C(=O)O. The minimum absolute atomic E-state index is 0.230. The number of aliphatic carboxylic acids is 1. The van der Waals surface area contributed by atoms with Crippen LogP contribution in [0.5, 0.6) is 5.75 Å². The summed E-state index contributed by atoms with van der Waals surface area (Å²) in [5, 5.41) is 17.2. The topological polar surface area (TPSA) is 99.2 Å². The number of aryl methyl sites for hydroxylation is 2. The number of carboxylic acid groups (broad SMARTS) is 1. The summed E-state index contributed by atoms with van der Waals surface area (Å²) in [5.74, 6) is -0.527. The van der Waals surface area contributed by atoms with Gasteiger partial charge in [-0.05, 0) is 82.9 Å². The summed E-state index contributed by atoms with van der Waals surface area (Å²) in [5.41, 5.74) is 1.29. The van der Waals surface area contributed by atoms with E-state index in [0.29, 0.717) is 11.4 Å². The highest BCUT2D eigenvalue weighted by molar-refractivity contribution is 9.10. The quantitative estimate of drug-likeness (QED) is 0.606. The van der Waals surface area contributed by atoms with E-state index in [0.717, 1.165) is 21.2 Å². The Bertz CT molecular complexity index is 1110. The largest absolute Gasteiger partial charge is 0.478 e. The molecule has 3 aromatic rings. The number of para-hydroxylation sites is 1. The Balaban J connectivity index is 1.90. The normalized spacial score (nSPS) is 11.5. The van der Waals surface area contributed by atoms with Crippen LogP contribution in [0.3, 0.4) is 0 Å². The van der Waals surface area contributed by atoms with E-state index in [1.165, 1.54) is 23.2 Å². The molecule has 0 saturated carbocycles. The van der Waals surface area contributed by atoms with Crippen LogP contribution >= 0.6 is 15.9 Å². The van der Waals surface area contributed by atoms with Gasteiger partial charge in [0.1, 0.15) is 5.75 Å². The zero-order valence-corrected chi connectivity index (χ0v) is 18.1. The Morgan fingerprint density at radius 3 is 2.38 bits per heavy atom. The Labute approximate surface area is 175 Å². The van der Waals surface area contributed by atoms with Crippen LogP contribution in [-0.4, -0.2) is 36.5 Å². The molecule has 2 aromatic carbocycles. The standard InChI is InChI=1S/C20H21BrN4O4/c1-12-9-14(10-13(2)17(12)29-20(3,4)18(26)27)11-24-19(28)25(23-22-24)16-8-6-5-7-15(16)21/h5-10H,11H2,1-4H3,(H,26,27). The molecule has 3 rings (SSSR count). The molecule has 0 unspecified atom stereocenters. The van der Waals surface area contributed by atoms with Crippen molar-refractivity contribution in [2.75, 3.05) is 0 Å². The molecule has 0 spiro atoms. The zero-order chi connectivity index (χ0) is 21.3. The number of benzene rings is 2. The highest BCUT2D eigenvalue weighted by Gasteiger charge is 2.30. The number of halogens is 1. The van der Waals surface area contributed by atoms with Gasteiger partial charge in [0.25, 0.3) is 0 Å². The van der Waals surface area contributed by atoms with Crippen LogP contribution in [0.15, 0.2) is 45.7 Å². The van der Waals surface area contributed by atoms with Gasteiger partial charge in [-0.2, -0.15) is 9.36 Å². The van der Waals surface area contributed by atoms with E-state index >= 15 is 0 Å². The lowest BCUT2D eigenvalue weighted by Gasteiger charge is -2.24. The van der Waals surface area contributed by atoms with Crippen molar-refractivity contribution in [2.45, 2.75) is 39.8 Å². The number of hydrogen-bond acceptors (Lipinski definition) is 5. The molecule has 0 aliphatic heterocycles. The van der Waals surface area contributed by atoms with Crippen molar-refractivity contribution in [3.63, 3.8) is 0 Å². The molecular weight excluding hydrogens is 440 g/mol. The Morgan fingerprint density at radius 1 is 1.17 bits per heavy atom. The lowest BCUT2D eigenvalue weighted by atomic mass is 10.0. The van der Waals surface area contributed by atoms with E-state index in [4.69, 9.17) is 4.74 Å². The van der Waals surface area contributed by atoms with Gasteiger partial charge in [-0.1, -0.05) is 24.3 Å². The number of hydrogen-bond donors (Lipinski definition) is 1. The first-order chi connectivity index (χ1) is 13.6. The number of aromatic nitrogens is 4. The third-order valence-corrected chi connectivity index (χ3v) is 5.12. The lowest BCUT2D eigenvalue weighted by molar-refractivity contribution is -0.152. The molecule has 1 heterocycles. The molecule has 29 heavy (non-hydrogen) atoms. The van der Waals surface area contributed by atoms with Crippen LogP contribution in [0.1, 0.15) is 30.5 Å². The maximum absolute atomic E-state index is 12.7. The molecule has 0 fully saturated rings. The fraction of sp³-hybridized carbons (Fsp3) is 0.300. The molecule has 0 bridgehead atoms. The van der Waals surface area contributed by atoms with Gasteiger partial charge in [-0.25, -0.2) is 9.59 Å². The number of rotatable bonds is 6. The summed E-state index contributed by atoms with van der Waals surface area (Å²) in [4.78, 5) is 24.1. The molecule has 0 aliphatic carbocycles. The predicted octanol–water partition coefficient (Wildman–Crippen LogP) is 3.10. The van der Waals surface area contributed by atoms with Crippen LogP contribution < -0.4 is 10.4 Å². The van der Waals surface area contributed by atoms with Crippen molar-refractivity contribution in [2.24, 2.45) is 0 Å². The first kappa shape index (κ1) is 20.8. The highest BCUT2D eigenvalue weighted by atomic mass is 79.9. The summed E-state index contributed by atoms with van der Waals surface area (Å²) in [6.07, 6.45) is 0. The third-order valence-electron chi connectivity index (χ3n) is 4.44. The molecule has 0 amide bonds. The first-order valence-electron chi connectivity index (χ1n) is 8.90. The average molecular weight is 461 g/mol. The Hall–Kier alpha value is -2.94. The Kier molecular flexibility index (Phi) is 5.61. The molecular formula is C20H21BrN4O4. The molecule has 9 heteroatoms. The second-order valence-corrected chi connectivity index (χ2v) is 8.11. The molecule has 152 valence electrons. The summed E-state index contributed by atoms with van der Waals surface area (Å²) < 4.78 is 8.97. The molecule has 0 aliphatic rings. The van der Waals surface area contributed by atoms with Crippen LogP contribution in [0.25, 0.3) is 5.69 Å². The fourth-order valence-corrected chi connectivity index (χ4v) is 3.36. The van der Waals surface area contributed by atoms with Gasteiger partial charge in [-0.3, -0.25) is 0 Å². The van der Waals surface area contributed by atoms with Gasteiger partial charge in [0, 0.05) is 4.47 Å². The minimum Gasteiger partial charge on any atom is -0.478 e. The molecule has 0 saturated heterocycles. The third kappa shape index (κ3) is 4.24. The van der Waals surface area contributed by atoms with Crippen LogP contribution in [0.4, 0.5) is 0 Å². The number of carbonyl (C=O) groups is 1. The second kappa shape index (κ2) is 7.82. The van der Waals surface area contributed by atoms with E-state index in [-0.39, 0.29) is 12.2 Å². The van der Waals surface area contributed by atoms with E-state index in [1.807, 2.05) is 44.2 Å². The number of ether oxygens (including phenoxy) is 1. The van der Waals surface area contributed by atoms with E-state index in [1.54, 1.807) is 6.07 Å². The molecule has 1 N–H and O–H groups in total. The Morgan fingerprint density at radius 2 is 1.79 bits per heavy atom. The van der Waals surface area contributed by atoms with E-state index in [2.05, 4.69) is 26.4 Å². The summed E-state index contributed by atoms with van der Waals surface area (Å²) in [6.45, 7) is 6.91. The summed E-state index contributed by atoms with van der Waals surface area (Å²) in [6, 6.07) is 11.0. The second-order valence-electron chi connectivity index (χ2n) is 7.26. The maximum atomic E-state index is 12.7. The molecule has 0 atom stereocenters. The van der Waals surface area contributed by atoms with Gasteiger partial charge in [0.2, 0.25) is 0 Å². The predicted molar refractivity (Wildman–Crippen MR) is 111 cm³/mol. The van der Waals surface area contributed by atoms with Gasteiger partial charge in [-0.15, -0.1) is 0 Å². The van der Waals surface area contributed by atoms with Crippen molar-refractivity contribution in [1.29, 1.82) is 0 Å². The van der Waals surface area contributed by atoms with Crippen LogP contribution in [0.2, 0.25) is 0 Å².